The zero-order valence-corrected chi connectivity index (χ0v) is 32.0. The highest BCUT2D eigenvalue weighted by atomic mass is 16.7. The smallest absolute Gasteiger partial charge is 0.311 e. The second-order valence-electron chi connectivity index (χ2n) is 16.0. The number of aliphatic hydroxyl groups excluding tert-OH is 2. The van der Waals surface area contributed by atoms with Crippen LogP contribution in [0, 0.1) is 17.8 Å². The molecule has 3 rings (SSSR count). The van der Waals surface area contributed by atoms with Gasteiger partial charge in [0.1, 0.15) is 23.9 Å². The number of esters is 1. The van der Waals surface area contributed by atoms with Gasteiger partial charge in [-0.15, -0.1) is 0 Å². The molecule has 0 radical (unpaired) electrons. The molecular weight excluding hydrogens is 636 g/mol. The van der Waals surface area contributed by atoms with Crippen molar-refractivity contribution in [3.63, 3.8) is 0 Å². The van der Waals surface area contributed by atoms with E-state index in [4.69, 9.17) is 28.4 Å². The van der Waals surface area contributed by atoms with E-state index in [2.05, 4.69) is 10.6 Å². The number of hydrogen-bond acceptors (Lipinski definition) is 13. The number of aliphatic hydroxyl groups is 4. The maximum atomic E-state index is 14.1. The van der Waals surface area contributed by atoms with Crippen LogP contribution in [0.1, 0.15) is 101 Å². The Kier molecular flexibility index (Phi) is 14.9. The third-order valence-corrected chi connectivity index (χ3v) is 11.2. The molecule has 3 aliphatic heterocycles. The normalized spacial score (nSPS) is 49.8. The Morgan fingerprint density at radius 1 is 0.959 bits per heavy atom. The van der Waals surface area contributed by atoms with E-state index in [-0.39, 0.29) is 37.0 Å². The molecule has 49 heavy (non-hydrogen) atoms. The molecular formula is C36H68N2O11. The van der Waals surface area contributed by atoms with Crippen LogP contribution in [0.25, 0.3) is 0 Å². The first-order valence-electron chi connectivity index (χ1n) is 18.3. The van der Waals surface area contributed by atoms with E-state index in [0.29, 0.717) is 25.8 Å². The van der Waals surface area contributed by atoms with E-state index < -0.39 is 83.7 Å². The van der Waals surface area contributed by atoms with Gasteiger partial charge >= 0.3 is 5.97 Å². The van der Waals surface area contributed by atoms with Crippen molar-refractivity contribution < 1.29 is 53.6 Å². The molecule has 6 N–H and O–H groups in total. The molecule has 0 aliphatic carbocycles. The van der Waals surface area contributed by atoms with Crippen molar-refractivity contribution in [3.8, 4) is 0 Å². The van der Waals surface area contributed by atoms with Gasteiger partial charge in [-0.3, -0.25) is 4.79 Å². The maximum Gasteiger partial charge on any atom is 0.311 e. The molecule has 3 fully saturated rings. The zero-order chi connectivity index (χ0) is 37.1. The number of nitrogens with one attached hydrogen (secondary N) is 2. The summed E-state index contributed by atoms with van der Waals surface area (Å²) in [6.07, 6.45) is -5.36. The summed E-state index contributed by atoms with van der Waals surface area (Å²) < 4.78 is 37.6. The standard InChI is InChI=1S/C36H68N2O11/c1-13-26-36(10,43)30(40)24(7)38-18-19(2)15-35(9,42)31(49-33-28(39)25(37-11)14-20(3)46-33)22(5)29(23(6)32(41)47-26)48-27-17-34(8,44-12)16-21(4)45-27/h19-31,33,37-40,42-43H,13-18H2,1-12H3/t19-,20-,21+,22+,23-,24-,25+,26-,27+,28-,29+,30-,31-,33+,34+,35-,36-/m1/s1. The molecule has 0 aromatic rings. The fourth-order valence-electron chi connectivity index (χ4n) is 8.21. The highest BCUT2D eigenvalue weighted by Gasteiger charge is 2.51. The first-order valence-corrected chi connectivity index (χ1v) is 18.3. The Bertz CT molecular complexity index is 1050. The fraction of sp³-hybridized carbons (Fsp3) is 0.972. The van der Waals surface area contributed by atoms with E-state index >= 15 is 0 Å². The van der Waals surface area contributed by atoms with Gasteiger partial charge in [0.2, 0.25) is 0 Å². The van der Waals surface area contributed by atoms with E-state index in [0.717, 1.165) is 0 Å². The molecule has 0 aromatic heterocycles. The maximum absolute atomic E-state index is 14.1. The third-order valence-electron chi connectivity index (χ3n) is 11.2. The number of likely N-dealkylation sites (N-methyl/N-ethyl adjacent to an activating group) is 1. The summed E-state index contributed by atoms with van der Waals surface area (Å²) in [4.78, 5) is 14.1. The largest absolute Gasteiger partial charge is 0.459 e. The van der Waals surface area contributed by atoms with Crippen LogP contribution in [0.3, 0.4) is 0 Å². The van der Waals surface area contributed by atoms with E-state index in [1.807, 2.05) is 34.6 Å². The van der Waals surface area contributed by atoms with E-state index in [9.17, 15) is 25.2 Å². The molecule has 3 heterocycles. The average Bonchev–Trinajstić information content (AvgIpc) is 3.02. The summed E-state index contributed by atoms with van der Waals surface area (Å²) in [6.45, 7) is 18.5. The third kappa shape index (κ3) is 10.3. The molecule has 17 atom stereocenters. The monoisotopic (exact) mass is 704 g/mol. The number of methoxy groups -OCH3 is 1. The number of hydrogen-bond donors (Lipinski definition) is 6. The lowest BCUT2D eigenvalue weighted by Crippen LogP contribution is -2.59. The van der Waals surface area contributed by atoms with Crippen LogP contribution in [-0.2, 0) is 33.2 Å². The molecule has 0 spiro atoms. The van der Waals surface area contributed by atoms with Gasteiger partial charge in [0, 0.05) is 38.0 Å². The number of ether oxygens (including phenoxy) is 6. The molecule has 288 valence electrons. The molecule has 13 heteroatoms. The number of carbonyl (C=O) groups is 1. The Morgan fingerprint density at radius 3 is 2.20 bits per heavy atom. The lowest BCUT2D eigenvalue weighted by atomic mass is 9.77. The minimum Gasteiger partial charge on any atom is -0.459 e. The second-order valence-corrected chi connectivity index (χ2v) is 16.0. The van der Waals surface area contributed by atoms with Crippen LogP contribution in [0.15, 0.2) is 0 Å². The quantitative estimate of drug-likeness (QED) is 0.213. The summed E-state index contributed by atoms with van der Waals surface area (Å²) in [5.74, 6) is -2.38. The van der Waals surface area contributed by atoms with E-state index in [1.165, 1.54) is 6.92 Å². The van der Waals surface area contributed by atoms with Crippen LogP contribution < -0.4 is 10.6 Å². The minimum atomic E-state index is -1.77. The fourth-order valence-corrected chi connectivity index (χ4v) is 8.21. The predicted octanol–water partition coefficient (Wildman–Crippen LogP) is 2.25. The summed E-state index contributed by atoms with van der Waals surface area (Å²) in [6, 6.07) is -0.859. The summed E-state index contributed by atoms with van der Waals surface area (Å²) in [5.41, 5.74) is -3.81. The molecule has 0 amide bonds. The van der Waals surface area contributed by atoms with Crippen molar-refractivity contribution in [2.24, 2.45) is 17.8 Å². The summed E-state index contributed by atoms with van der Waals surface area (Å²) >= 11 is 0. The van der Waals surface area contributed by atoms with Crippen molar-refractivity contribution in [2.75, 3.05) is 20.7 Å². The SMILES string of the molecule is CC[C@H]1OC(=O)[C@H](C)[C@@H](O[C@H]2C[C@@](C)(OC)C[C@H](C)O2)[C@H](C)[C@@H](O[C@@H]2O[C@H](C)C[C@H](NC)[C@H]2O)[C@](C)(O)C[C@@H](C)CN[C@H](C)[C@@H](O)[C@]1(C)O. The molecule has 0 unspecified atom stereocenters. The van der Waals surface area contributed by atoms with Crippen molar-refractivity contribution in [3.05, 3.63) is 0 Å². The van der Waals surface area contributed by atoms with Gasteiger partial charge < -0.3 is 59.5 Å². The van der Waals surface area contributed by atoms with Crippen molar-refractivity contribution >= 4 is 5.97 Å². The van der Waals surface area contributed by atoms with Gasteiger partial charge in [-0.25, -0.2) is 0 Å². The average molecular weight is 705 g/mol. The highest BCUT2D eigenvalue weighted by Crippen LogP contribution is 2.39. The van der Waals surface area contributed by atoms with Gasteiger partial charge in [0.25, 0.3) is 0 Å². The van der Waals surface area contributed by atoms with Gasteiger partial charge in [-0.2, -0.15) is 0 Å². The predicted molar refractivity (Wildman–Crippen MR) is 184 cm³/mol. The topological polar surface area (TPSA) is 177 Å². The lowest BCUT2D eigenvalue weighted by molar-refractivity contribution is -0.306. The zero-order valence-electron chi connectivity index (χ0n) is 32.0. The van der Waals surface area contributed by atoms with Crippen molar-refractivity contribution in [1.82, 2.24) is 10.6 Å². The van der Waals surface area contributed by atoms with Gasteiger partial charge in [-0.1, -0.05) is 20.8 Å². The van der Waals surface area contributed by atoms with E-state index in [1.54, 1.807) is 41.9 Å². The van der Waals surface area contributed by atoms with Crippen LogP contribution in [0.5, 0.6) is 0 Å². The van der Waals surface area contributed by atoms with Gasteiger partial charge in [0.15, 0.2) is 12.6 Å². The first kappa shape index (κ1) is 42.4. The number of carbonyl (C=O) groups excluding carboxylic acids is 1. The molecule has 3 saturated heterocycles. The number of rotatable bonds is 7. The Morgan fingerprint density at radius 2 is 1.61 bits per heavy atom. The molecule has 0 saturated carbocycles. The molecule has 13 nitrogen and oxygen atoms in total. The van der Waals surface area contributed by atoms with Crippen LogP contribution >= 0.6 is 0 Å². The Labute approximate surface area is 294 Å². The van der Waals surface area contributed by atoms with Gasteiger partial charge in [-0.05, 0) is 87.2 Å². The second kappa shape index (κ2) is 17.2. The molecule has 3 aliphatic rings. The van der Waals surface area contributed by atoms with Gasteiger partial charge in [0.05, 0.1) is 41.5 Å². The van der Waals surface area contributed by atoms with Crippen molar-refractivity contribution in [1.29, 1.82) is 0 Å². The number of cyclic esters (lactones) is 1. The Hall–Kier alpha value is -0.970. The van der Waals surface area contributed by atoms with Crippen molar-refractivity contribution in [2.45, 2.75) is 186 Å². The van der Waals surface area contributed by atoms with Crippen LogP contribution in [0.2, 0.25) is 0 Å². The highest BCUT2D eigenvalue weighted by molar-refractivity contribution is 5.73. The first-order chi connectivity index (χ1) is 22.7. The van der Waals surface area contributed by atoms with Crippen LogP contribution in [0.4, 0.5) is 0 Å². The summed E-state index contributed by atoms with van der Waals surface area (Å²) in [7, 11) is 3.43. The molecule has 0 aromatic carbocycles. The Balaban J connectivity index is 2.13. The van der Waals surface area contributed by atoms with Crippen LogP contribution in [-0.4, -0.2) is 131 Å². The molecule has 0 bridgehead atoms. The lowest BCUT2D eigenvalue weighted by Gasteiger charge is -2.47. The summed E-state index contributed by atoms with van der Waals surface area (Å²) in [5, 5.41) is 52.9. The minimum absolute atomic E-state index is 0.124.